The molecule has 1 aromatic carbocycles. The number of imide groups is 1. The van der Waals surface area contributed by atoms with Gasteiger partial charge >= 0.3 is 6.03 Å². The summed E-state index contributed by atoms with van der Waals surface area (Å²) in [5, 5.41) is 4.63. The number of urea groups is 1. The number of carbonyl (C=O) groups is 2. The molecule has 0 aliphatic heterocycles. The minimum atomic E-state index is -0.602. The van der Waals surface area contributed by atoms with Crippen LogP contribution in [0.2, 0.25) is 0 Å². The summed E-state index contributed by atoms with van der Waals surface area (Å²) in [5.74, 6) is 5.23. The van der Waals surface area contributed by atoms with Gasteiger partial charge in [0.2, 0.25) is 5.91 Å². The Hall–Kier alpha value is -2.85. The largest absolute Gasteiger partial charge is 0.341 e. The first-order valence-corrected chi connectivity index (χ1v) is 9.72. The fourth-order valence-corrected chi connectivity index (χ4v) is 4.04. The van der Waals surface area contributed by atoms with E-state index in [0.29, 0.717) is 10.2 Å². The fraction of sp³-hybridized carbons (Fsp3) is 0.176. The SMILES string of the molecule is CNC(=O)NC(=O)CSc1nc2cc(-c3ccc(C)cc3)sc2c(=O)n1N. The lowest BCUT2D eigenvalue weighted by atomic mass is 10.1. The number of aromatic nitrogens is 2. The highest BCUT2D eigenvalue weighted by Gasteiger charge is 2.15. The van der Waals surface area contributed by atoms with E-state index in [1.54, 1.807) is 0 Å². The molecule has 27 heavy (non-hydrogen) atoms. The van der Waals surface area contributed by atoms with Gasteiger partial charge in [0.25, 0.3) is 5.56 Å². The van der Waals surface area contributed by atoms with Crippen LogP contribution in [0.3, 0.4) is 0 Å². The van der Waals surface area contributed by atoms with E-state index < -0.39 is 11.9 Å². The molecule has 140 valence electrons. The lowest BCUT2D eigenvalue weighted by molar-refractivity contribution is -0.117. The predicted molar refractivity (Wildman–Crippen MR) is 108 cm³/mol. The molecule has 4 N–H and O–H groups in total. The highest BCUT2D eigenvalue weighted by atomic mass is 32.2. The zero-order valence-electron chi connectivity index (χ0n) is 14.6. The lowest BCUT2D eigenvalue weighted by Gasteiger charge is -2.06. The number of nitrogens with two attached hydrogens (primary N) is 1. The molecule has 3 amide bonds. The molecule has 10 heteroatoms. The van der Waals surface area contributed by atoms with Crippen molar-refractivity contribution >= 4 is 45.3 Å². The van der Waals surface area contributed by atoms with Crippen molar-refractivity contribution in [1.82, 2.24) is 20.3 Å². The predicted octanol–water partition coefficient (Wildman–Crippen LogP) is 1.69. The number of carbonyl (C=O) groups excluding carboxylic acids is 2. The maximum Gasteiger partial charge on any atom is 0.321 e. The Morgan fingerprint density at radius 3 is 2.67 bits per heavy atom. The van der Waals surface area contributed by atoms with E-state index in [2.05, 4.69) is 15.6 Å². The van der Waals surface area contributed by atoms with Crippen LogP contribution < -0.4 is 22.0 Å². The second kappa shape index (κ2) is 7.80. The number of nitrogens with one attached hydrogen (secondary N) is 2. The van der Waals surface area contributed by atoms with E-state index in [9.17, 15) is 14.4 Å². The number of aryl methyl sites for hydroxylation is 1. The Labute approximate surface area is 162 Å². The van der Waals surface area contributed by atoms with Crippen molar-refractivity contribution in [2.45, 2.75) is 12.1 Å². The Kier molecular flexibility index (Phi) is 5.47. The molecule has 2 aromatic heterocycles. The maximum atomic E-state index is 12.5. The van der Waals surface area contributed by atoms with Crippen molar-refractivity contribution in [2.75, 3.05) is 18.6 Å². The molecule has 0 radical (unpaired) electrons. The van der Waals surface area contributed by atoms with E-state index in [1.165, 1.54) is 18.4 Å². The van der Waals surface area contributed by atoms with Crippen molar-refractivity contribution < 1.29 is 9.59 Å². The van der Waals surface area contributed by atoms with Crippen LogP contribution in [-0.2, 0) is 4.79 Å². The van der Waals surface area contributed by atoms with E-state index in [4.69, 9.17) is 5.84 Å². The summed E-state index contributed by atoms with van der Waals surface area (Å²) in [6, 6.07) is 9.21. The van der Waals surface area contributed by atoms with Gasteiger partial charge in [0.15, 0.2) is 5.16 Å². The van der Waals surface area contributed by atoms with Crippen LogP contribution in [0.15, 0.2) is 40.3 Å². The highest BCUT2D eigenvalue weighted by molar-refractivity contribution is 7.99. The number of fused-ring (bicyclic) bond motifs is 1. The van der Waals surface area contributed by atoms with Gasteiger partial charge in [-0.15, -0.1) is 11.3 Å². The highest BCUT2D eigenvalue weighted by Crippen LogP contribution is 2.31. The lowest BCUT2D eigenvalue weighted by Crippen LogP contribution is -2.38. The van der Waals surface area contributed by atoms with Gasteiger partial charge in [0.1, 0.15) is 4.70 Å². The smallest absolute Gasteiger partial charge is 0.321 e. The third kappa shape index (κ3) is 4.12. The monoisotopic (exact) mass is 403 g/mol. The number of rotatable bonds is 4. The molecule has 3 rings (SSSR count). The van der Waals surface area contributed by atoms with Crippen LogP contribution >= 0.6 is 23.1 Å². The normalized spacial score (nSPS) is 10.7. The van der Waals surface area contributed by atoms with Crippen molar-refractivity contribution in [3.05, 3.63) is 46.2 Å². The first-order valence-electron chi connectivity index (χ1n) is 7.92. The average molecular weight is 403 g/mol. The molecule has 2 heterocycles. The summed E-state index contributed by atoms with van der Waals surface area (Å²) in [6.45, 7) is 2.01. The van der Waals surface area contributed by atoms with Crippen LogP contribution in [0, 0.1) is 6.92 Å². The molecule has 0 saturated carbocycles. The van der Waals surface area contributed by atoms with Gasteiger partial charge in [-0.3, -0.25) is 14.9 Å². The first-order chi connectivity index (χ1) is 12.9. The van der Waals surface area contributed by atoms with Crippen LogP contribution in [0.4, 0.5) is 4.79 Å². The molecule has 0 saturated heterocycles. The maximum absolute atomic E-state index is 12.5. The van der Waals surface area contributed by atoms with Crippen molar-refractivity contribution in [3.8, 4) is 10.4 Å². The summed E-state index contributed by atoms with van der Waals surface area (Å²) in [6.07, 6.45) is 0. The number of thiophene rings is 1. The van der Waals surface area contributed by atoms with Gasteiger partial charge in [-0.05, 0) is 18.6 Å². The van der Waals surface area contributed by atoms with Crippen LogP contribution in [-0.4, -0.2) is 34.4 Å². The third-order valence-corrected chi connectivity index (χ3v) is 5.81. The van der Waals surface area contributed by atoms with E-state index in [0.717, 1.165) is 32.4 Å². The summed E-state index contributed by atoms with van der Waals surface area (Å²) in [4.78, 5) is 40.7. The summed E-state index contributed by atoms with van der Waals surface area (Å²) in [5.41, 5.74) is 2.29. The molecular weight excluding hydrogens is 386 g/mol. The number of amides is 3. The molecular formula is C17H17N5O3S2. The minimum Gasteiger partial charge on any atom is -0.341 e. The molecule has 0 fully saturated rings. The van der Waals surface area contributed by atoms with Gasteiger partial charge in [0, 0.05) is 11.9 Å². The topological polar surface area (TPSA) is 119 Å². The Morgan fingerprint density at radius 1 is 1.30 bits per heavy atom. The Balaban J connectivity index is 1.88. The number of hydrogen-bond donors (Lipinski definition) is 3. The standard InChI is InChI=1S/C17H17N5O3S2/c1-9-3-5-10(6-4-9)12-7-11-14(27-12)15(24)22(18)17(20-11)26-8-13(23)21-16(25)19-2/h3-7H,8,18H2,1-2H3,(H2,19,21,23,25). The molecule has 0 bridgehead atoms. The Bertz CT molecular complexity index is 1070. The van der Waals surface area contributed by atoms with Gasteiger partial charge < -0.3 is 11.2 Å². The van der Waals surface area contributed by atoms with Crippen molar-refractivity contribution in [2.24, 2.45) is 0 Å². The molecule has 0 atom stereocenters. The van der Waals surface area contributed by atoms with Crippen LogP contribution in [0.5, 0.6) is 0 Å². The number of benzene rings is 1. The number of thioether (sulfide) groups is 1. The Morgan fingerprint density at radius 2 is 2.00 bits per heavy atom. The van der Waals surface area contributed by atoms with E-state index in [-0.39, 0.29) is 16.5 Å². The molecule has 8 nitrogen and oxygen atoms in total. The summed E-state index contributed by atoms with van der Waals surface area (Å²) < 4.78 is 1.38. The number of hydrogen-bond acceptors (Lipinski definition) is 7. The van der Waals surface area contributed by atoms with Crippen LogP contribution in [0.1, 0.15) is 5.56 Å². The minimum absolute atomic E-state index is 0.0997. The second-order valence-electron chi connectivity index (χ2n) is 5.68. The summed E-state index contributed by atoms with van der Waals surface area (Å²) >= 11 is 2.31. The molecule has 3 aromatic rings. The van der Waals surface area contributed by atoms with Gasteiger partial charge in [0.05, 0.1) is 11.3 Å². The zero-order chi connectivity index (χ0) is 19.6. The number of nitrogen functional groups attached to an aromatic ring is 1. The van der Waals surface area contributed by atoms with Crippen molar-refractivity contribution in [1.29, 1.82) is 0 Å². The third-order valence-electron chi connectivity index (χ3n) is 3.70. The molecule has 0 aliphatic rings. The zero-order valence-corrected chi connectivity index (χ0v) is 16.2. The molecule has 0 spiro atoms. The van der Waals surface area contributed by atoms with Gasteiger partial charge in [-0.2, -0.15) is 0 Å². The van der Waals surface area contributed by atoms with Gasteiger partial charge in [-0.1, -0.05) is 41.6 Å². The van der Waals surface area contributed by atoms with Crippen LogP contribution in [0.25, 0.3) is 20.7 Å². The molecule has 0 unspecified atom stereocenters. The second-order valence-corrected chi connectivity index (χ2v) is 7.67. The fourth-order valence-electron chi connectivity index (χ4n) is 2.29. The average Bonchev–Trinajstić information content (AvgIpc) is 3.08. The quantitative estimate of drug-likeness (QED) is 0.347. The summed E-state index contributed by atoms with van der Waals surface area (Å²) in [7, 11) is 1.41. The van der Waals surface area contributed by atoms with E-state index >= 15 is 0 Å². The molecule has 0 aliphatic carbocycles. The van der Waals surface area contributed by atoms with E-state index in [1.807, 2.05) is 37.3 Å². The number of nitrogens with zero attached hydrogens (tertiary/aromatic N) is 2. The van der Waals surface area contributed by atoms with Gasteiger partial charge in [-0.25, -0.2) is 14.5 Å². The first kappa shape index (κ1) is 18.9. The van der Waals surface area contributed by atoms with Crippen molar-refractivity contribution in [3.63, 3.8) is 0 Å².